The van der Waals surface area contributed by atoms with Gasteiger partial charge in [0, 0.05) is 17.6 Å². The van der Waals surface area contributed by atoms with Gasteiger partial charge in [-0.3, -0.25) is 4.90 Å². The summed E-state index contributed by atoms with van der Waals surface area (Å²) in [5.41, 5.74) is 0.267. The Morgan fingerprint density at radius 3 is 2.42 bits per heavy atom. The van der Waals surface area contributed by atoms with Crippen molar-refractivity contribution in [3.05, 3.63) is 0 Å². The molecule has 1 saturated carbocycles. The van der Waals surface area contributed by atoms with Crippen LogP contribution in [0.1, 0.15) is 72.6 Å². The molecule has 0 aromatic rings. The van der Waals surface area contributed by atoms with Crippen molar-refractivity contribution in [2.75, 3.05) is 13.1 Å². The Morgan fingerprint density at radius 2 is 1.84 bits per heavy atom. The molecule has 0 bridgehead atoms. The summed E-state index contributed by atoms with van der Waals surface area (Å²) in [6.07, 6.45) is 9.97. The molecule has 0 aromatic heterocycles. The van der Waals surface area contributed by atoms with E-state index in [4.69, 9.17) is 0 Å². The third kappa shape index (κ3) is 4.19. The molecule has 0 radical (unpaired) electrons. The van der Waals surface area contributed by atoms with Crippen LogP contribution in [0.15, 0.2) is 0 Å². The molecule has 3 atom stereocenters. The molecule has 2 heteroatoms. The second-order valence-corrected chi connectivity index (χ2v) is 7.68. The van der Waals surface area contributed by atoms with Gasteiger partial charge in [-0.05, 0) is 71.9 Å². The number of hydrogen-bond acceptors (Lipinski definition) is 2. The number of hydrogen-bond donors (Lipinski definition) is 1. The van der Waals surface area contributed by atoms with Crippen LogP contribution in [-0.4, -0.2) is 35.6 Å². The molecule has 0 amide bonds. The molecule has 2 rings (SSSR count). The quantitative estimate of drug-likeness (QED) is 0.832. The smallest absolute Gasteiger partial charge is 0.0139 e. The molecule has 3 unspecified atom stereocenters. The van der Waals surface area contributed by atoms with Crippen molar-refractivity contribution in [2.45, 2.75) is 90.3 Å². The maximum Gasteiger partial charge on any atom is 0.0139 e. The topological polar surface area (TPSA) is 15.3 Å². The van der Waals surface area contributed by atoms with Crippen molar-refractivity contribution < 1.29 is 0 Å². The molecular formula is C17H34N2. The number of nitrogens with one attached hydrogen (secondary N) is 1. The third-order valence-electron chi connectivity index (χ3n) is 5.09. The zero-order valence-electron chi connectivity index (χ0n) is 13.5. The zero-order valence-corrected chi connectivity index (χ0v) is 13.5. The molecule has 2 nitrogen and oxygen atoms in total. The van der Waals surface area contributed by atoms with E-state index in [1.807, 2.05) is 0 Å². The van der Waals surface area contributed by atoms with E-state index in [0.29, 0.717) is 0 Å². The monoisotopic (exact) mass is 266 g/mol. The van der Waals surface area contributed by atoms with E-state index < -0.39 is 0 Å². The molecule has 1 heterocycles. The predicted octanol–water partition coefficient (Wildman–Crippen LogP) is 3.81. The second kappa shape index (κ2) is 6.58. The SMILES string of the molecule is CCC1CCCCCN1C1CCC1CNC(C)(C)C. The summed E-state index contributed by atoms with van der Waals surface area (Å²) >= 11 is 0. The Kier molecular flexibility index (Phi) is 5.30. The number of rotatable bonds is 4. The van der Waals surface area contributed by atoms with Crippen molar-refractivity contribution in [1.82, 2.24) is 10.2 Å². The van der Waals surface area contributed by atoms with E-state index in [1.165, 1.54) is 58.0 Å². The summed E-state index contributed by atoms with van der Waals surface area (Å²) in [6, 6.07) is 1.74. The van der Waals surface area contributed by atoms with E-state index >= 15 is 0 Å². The Labute approximate surface area is 120 Å². The maximum absolute atomic E-state index is 3.71. The summed E-state index contributed by atoms with van der Waals surface area (Å²) in [7, 11) is 0. The highest BCUT2D eigenvalue weighted by Gasteiger charge is 2.38. The van der Waals surface area contributed by atoms with Crippen LogP contribution in [0.3, 0.4) is 0 Å². The lowest BCUT2D eigenvalue weighted by molar-refractivity contribution is 0.0251. The molecule has 0 aromatic carbocycles. The largest absolute Gasteiger partial charge is 0.312 e. The molecule has 0 spiro atoms. The minimum Gasteiger partial charge on any atom is -0.312 e. The minimum atomic E-state index is 0.267. The highest BCUT2D eigenvalue weighted by Crippen LogP contribution is 2.36. The highest BCUT2D eigenvalue weighted by molar-refractivity contribution is 4.94. The molecule has 19 heavy (non-hydrogen) atoms. The van der Waals surface area contributed by atoms with Gasteiger partial charge >= 0.3 is 0 Å². The molecule has 112 valence electrons. The summed E-state index contributed by atoms with van der Waals surface area (Å²) in [5.74, 6) is 0.895. The molecule has 1 N–H and O–H groups in total. The normalized spacial score (nSPS) is 33.8. The van der Waals surface area contributed by atoms with Gasteiger partial charge in [0.05, 0.1) is 0 Å². The van der Waals surface area contributed by atoms with Gasteiger partial charge in [0.2, 0.25) is 0 Å². The van der Waals surface area contributed by atoms with Crippen LogP contribution >= 0.6 is 0 Å². The number of nitrogens with zero attached hydrogens (tertiary/aromatic N) is 1. The summed E-state index contributed by atoms with van der Waals surface area (Å²) in [6.45, 7) is 11.8. The van der Waals surface area contributed by atoms with Crippen molar-refractivity contribution in [1.29, 1.82) is 0 Å². The van der Waals surface area contributed by atoms with E-state index in [2.05, 4.69) is 37.9 Å². The van der Waals surface area contributed by atoms with E-state index in [0.717, 1.165) is 18.0 Å². The first-order chi connectivity index (χ1) is 9.01. The third-order valence-corrected chi connectivity index (χ3v) is 5.09. The first-order valence-electron chi connectivity index (χ1n) is 8.52. The standard InChI is InChI=1S/C17H34N2/c1-5-15-9-7-6-8-12-19(15)16-11-10-14(16)13-18-17(2,3)4/h14-16,18H,5-13H2,1-4H3. The predicted molar refractivity (Wildman–Crippen MR) is 83.5 cm³/mol. The van der Waals surface area contributed by atoms with Gasteiger partial charge < -0.3 is 5.32 Å². The molecule has 1 saturated heterocycles. The summed E-state index contributed by atoms with van der Waals surface area (Å²) < 4.78 is 0. The van der Waals surface area contributed by atoms with Gasteiger partial charge in [0.25, 0.3) is 0 Å². The van der Waals surface area contributed by atoms with Crippen LogP contribution in [0.2, 0.25) is 0 Å². The van der Waals surface area contributed by atoms with Crippen molar-refractivity contribution in [3.63, 3.8) is 0 Å². The Morgan fingerprint density at radius 1 is 1.05 bits per heavy atom. The zero-order chi connectivity index (χ0) is 13.9. The fourth-order valence-electron chi connectivity index (χ4n) is 3.74. The average molecular weight is 266 g/mol. The molecule has 2 aliphatic rings. The first kappa shape index (κ1) is 15.3. The van der Waals surface area contributed by atoms with E-state index in [1.54, 1.807) is 0 Å². The van der Waals surface area contributed by atoms with Gasteiger partial charge in [0.1, 0.15) is 0 Å². The highest BCUT2D eigenvalue weighted by atomic mass is 15.2. The van der Waals surface area contributed by atoms with Gasteiger partial charge in [-0.15, -0.1) is 0 Å². The molecule has 1 aliphatic heterocycles. The van der Waals surface area contributed by atoms with E-state index in [9.17, 15) is 0 Å². The number of likely N-dealkylation sites (tertiary alicyclic amines) is 1. The molecular weight excluding hydrogens is 232 g/mol. The fraction of sp³-hybridized carbons (Fsp3) is 1.00. The van der Waals surface area contributed by atoms with Crippen LogP contribution in [-0.2, 0) is 0 Å². The Bertz CT molecular complexity index is 269. The second-order valence-electron chi connectivity index (χ2n) is 7.68. The lowest BCUT2D eigenvalue weighted by Crippen LogP contribution is -2.55. The Hall–Kier alpha value is -0.0800. The first-order valence-corrected chi connectivity index (χ1v) is 8.52. The van der Waals surface area contributed by atoms with E-state index in [-0.39, 0.29) is 5.54 Å². The molecule has 1 aliphatic carbocycles. The maximum atomic E-state index is 3.71. The van der Waals surface area contributed by atoms with Crippen molar-refractivity contribution >= 4 is 0 Å². The summed E-state index contributed by atoms with van der Waals surface area (Å²) in [5, 5.41) is 3.71. The van der Waals surface area contributed by atoms with Crippen LogP contribution < -0.4 is 5.32 Å². The van der Waals surface area contributed by atoms with Gasteiger partial charge in [-0.1, -0.05) is 19.8 Å². The van der Waals surface area contributed by atoms with Gasteiger partial charge in [0.15, 0.2) is 0 Å². The van der Waals surface area contributed by atoms with Gasteiger partial charge in [-0.25, -0.2) is 0 Å². The van der Waals surface area contributed by atoms with Crippen LogP contribution in [0.4, 0.5) is 0 Å². The van der Waals surface area contributed by atoms with Crippen LogP contribution in [0.5, 0.6) is 0 Å². The van der Waals surface area contributed by atoms with Crippen molar-refractivity contribution in [3.8, 4) is 0 Å². The van der Waals surface area contributed by atoms with Crippen LogP contribution in [0, 0.1) is 5.92 Å². The fourth-order valence-corrected chi connectivity index (χ4v) is 3.74. The Balaban J connectivity index is 1.88. The average Bonchev–Trinajstić information content (AvgIpc) is 2.51. The lowest BCUT2D eigenvalue weighted by atomic mass is 9.77. The lowest BCUT2D eigenvalue weighted by Gasteiger charge is -2.48. The van der Waals surface area contributed by atoms with Gasteiger partial charge in [-0.2, -0.15) is 0 Å². The van der Waals surface area contributed by atoms with Crippen molar-refractivity contribution in [2.24, 2.45) is 5.92 Å². The minimum absolute atomic E-state index is 0.267. The summed E-state index contributed by atoms with van der Waals surface area (Å²) in [4.78, 5) is 2.88. The molecule has 2 fully saturated rings. The van der Waals surface area contributed by atoms with Crippen LogP contribution in [0.25, 0.3) is 0 Å².